The molecule has 4 nitrogen and oxygen atoms in total. The molecular weight excluding hydrogens is 368 g/mol. The van der Waals surface area contributed by atoms with E-state index >= 15 is 0 Å². The van der Waals surface area contributed by atoms with Crippen LogP contribution in [0.3, 0.4) is 0 Å². The SMILES string of the molecule is Cc1ccc(-c2nc(CSCC(=O)N3CCc4ccccc4C3)c(C)o2)cc1. The standard InChI is InChI=1S/C23H24N2O2S/c1-16-7-9-19(10-8-16)23-24-21(17(2)27-23)14-28-15-22(26)25-12-11-18-5-3-4-6-20(18)13-25/h3-10H,11-15H2,1-2H3. The fraction of sp³-hybridized carbons (Fsp3) is 0.304. The number of amides is 1. The molecule has 0 unspecified atom stereocenters. The van der Waals surface area contributed by atoms with E-state index in [1.54, 1.807) is 11.8 Å². The number of hydrogen-bond acceptors (Lipinski definition) is 4. The second-order valence-corrected chi connectivity index (χ2v) is 8.20. The zero-order chi connectivity index (χ0) is 19.5. The smallest absolute Gasteiger partial charge is 0.232 e. The van der Waals surface area contributed by atoms with Crippen LogP contribution < -0.4 is 0 Å². The Balaban J connectivity index is 1.33. The van der Waals surface area contributed by atoms with E-state index in [9.17, 15) is 4.79 Å². The van der Waals surface area contributed by atoms with Crippen molar-refractivity contribution in [3.05, 3.63) is 76.7 Å². The molecule has 0 bridgehead atoms. The number of aromatic nitrogens is 1. The summed E-state index contributed by atoms with van der Waals surface area (Å²) < 4.78 is 5.83. The Kier molecular flexibility index (Phi) is 5.53. The van der Waals surface area contributed by atoms with Gasteiger partial charge in [-0.25, -0.2) is 4.98 Å². The van der Waals surface area contributed by atoms with Crippen LogP contribution in [0.15, 0.2) is 52.9 Å². The fourth-order valence-corrected chi connectivity index (χ4v) is 4.34. The number of hydrogen-bond donors (Lipinski definition) is 0. The number of carbonyl (C=O) groups excluding carboxylic acids is 1. The number of oxazole rings is 1. The molecule has 1 aliphatic rings. The van der Waals surface area contributed by atoms with Crippen molar-refractivity contribution in [2.75, 3.05) is 12.3 Å². The van der Waals surface area contributed by atoms with Crippen LogP contribution in [-0.2, 0) is 23.5 Å². The highest BCUT2D eigenvalue weighted by Gasteiger charge is 2.20. The van der Waals surface area contributed by atoms with Gasteiger partial charge in [-0.05, 0) is 43.5 Å². The third kappa shape index (κ3) is 4.14. The number of thioether (sulfide) groups is 1. The van der Waals surface area contributed by atoms with Crippen molar-refractivity contribution in [1.29, 1.82) is 0 Å². The Morgan fingerprint density at radius 2 is 1.86 bits per heavy atom. The summed E-state index contributed by atoms with van der Waals surface area (Å²) in [6.07, 6.45) is 0.939. The Labute approximate surface area is 170 Å². The van der Waals surface area contributed by atoms with E-state index in [4.69, 9.17) is 4.42 Å². The van der Waals surface area contributed by atoms with Crippen LogP contribution in [0.2, 0.25) is 0 Å². The van der Waals surface area contributed by atoms with Gasteiger partial charge in [-0.15, -0.1) is 11.8 Å². The number of carbonyl (C=O) groups is 1. The Hall–Kier alpha value is -2.53. The van der Waals surface area contributed by atoms with Gasteiger partial charge < -0.3 is 9.32 Å². The van der Waals surface area contributed by atoms with Crippen molar-refractivity contribution in [2.45, 2.75) is 32.6 Å². The molecule has 1 aromatic heterocycles. The summed E-state index contributed by atoms with van der Waals surface area (Å²) in [6.45, 7) is 5.52. The third-order valence-corrected chi connectivity index (χ3v) is 6.07. The maximum absolute atomic E-state index is 12.6. The number of aryl methyl sites for hydroxylation is 2. The molecule has 0 fully saturated rings. The van der Waals surface area contributed by atoms with Crippen LogP contribution in [0.1, 0.15) is 28.1 Å². The summed E-state index contributed by atoms with van der Waals surface area (Å²) in [7, 11) is 0. The van der Waals surface area contributed by atoms with E-state index < -0.39 is 0 Å². The normalized spacial score (nSPS) is 13.4. The first-order chi connectivity index (χ1) is 13.6. The summed E-state index contributed by atoms with van der Waals surface area (Å²) in [6, 6.07) is 16.5. The van der Waals surface area contributed by atoms with Crippen molar-refractivity contribution in [1.82, 2.24) is 9.88 Å². The first kappa shape index (κ1) is 18.8. The molecule has 0 saturated heterocycles. The van der Waals surface area contributed by atoms with Gasteiger partial charge in [0.25, 0.3) is 0 Å². The average Bonchev–Trinajstić information content (AvgIpc) is 3.08. The molecule has 1 amide bonds. The van der Waals surface area contributed by atoms with Crippen LogP contribution in [0.4, 0.5) is 0 Å². The lowest BCUT2D eigenvalue weighted by Gasteiger charge is -2.28. The van der Waals surface area contributed by atoms with Crippen LogP contribution in [-0.4, -0.2) is 28.1 Å². The first-order valence-electron chi connectivity index (χ1n) is 9.56. The van der Waals surface area contributed by atoms with Crippen LogP contribution in [0.25, 0.3) is 11.5 Å². The largest absolute Gasteiger partial charge is 0.441 e. The van der Waals surface area contributed by atoms with Gasteiger partial charge in [-0.1, -0.05) is 42.0 Å². The molecule has 2 aromatic carbocycles. The Morgan fingerprint density at radius 1 is 1.11 bits per heavy atom. The summed E-state index contributed by atoms with van der Waals surface area (Å²) in [5.74, 6) is 2.81. The van der Waals surface area contributed by atoms with Crippen LogP contribution in [0, 0.1) is 13.8 Å². The highest BCUT2D eigenvalue weighted by atomic mass is 32.2. The quantitative estimate of drug-likeness (QED) is 0.627. The molecule has 0 N–H and O–H groups in total. The maximum Gasteiger partial charge on any atom is 0.232 e. The van der Waals surface area contributed by atoms with E-state index in [0.717, 1.165) is 36.5 Å². The summed E-state index contributed by atoms with van der Waals surface area (Å²) in [5.41, 5.74) is 5.73. The number of fused-ring (bicyclic) bond motifs is 1. The third-order valence-electron chi connectivity index (χ3n) is 5.14. The molecule has 1 aliphatic heterocycles. The predicted molar refractivity (Wildman–Crippen MR) is 113 cm³/mol. The van der Waals surface area contributed by atoms with Gasteiger partial charge in [0.05, 0.1) is 11.4 Å². The minimum absolute atomic E-state index is 0.194. The van der Waals surface area contributed by atoms with Crippen molar-refractivity contribution >= 4 is 17.7 Å². The molecular formula is C23H24N2O2S. The predicted octanol–water partition coefficient (Wildman–Crippen LogP) is 4.78. The van der Waals surface area contributed by atoms with E-state index in [-0.39, 0.29) is 5.91 Å². The number of benzene rings is 2. The highest BCUT2D eigenvalue weighted by molar-refractivity contribution is 7.99. The van der Waals surface area contributed by atoms with Crippen LogP contribution >= 0.6 is 11.8 Å². The van der Waals surface area contributed by atoms with Gasteiger partial charge in [-0.3, -0.25) is 4.79 Å². The fourth-order valence-electron chi connectivity index (χ4n) is 3.42. The molecule has 5 heteroatoms. The molecule has 28 heavy (non-hydrogen) atoms. The zero-order valence-electron chi connectivity index (χ0n) is 16.3. The minimum Gasteiger partial charge on any atom is -0.441 e. The lowest BCUT2D eigenvalue weighted by Crippen LogP contribution is -2.37. The summed E-state index contributed by atoms with van der Waals surface area (Å²) in [5, 5.41) is 0. The lowest BCUT2D eigenvalue weighted by atomic mass is 10.00. The summed E-state index contributed by atoms with van der Waals surface area (Å²) >= 11 is 1.60. The van der Waals surface area contributed by atoms with Crippen LogP contribution in [0.5, 0.6) is 0 Å². The van der Waals surface area contributed by atoms with Crippen molar-refractivity contribution < 1.29 is 9.21 Å². The van der Waals surface area contributed by atoms with E-state index in [1.165, 1.54) is 16.7 Å². The molecule has 3 aromatic rings. The number of rotatable bonds is 5. The van der Waals surface area contributed by atoms with E-state index in [2.05, 4.69) is 42.2 Å². The Bertz CT molecular complexity index is 979. The van der Waals surface area contributed by atoms with Crippen molar-refractivity contribution in [3.8, 4) is 11.5 Å². The molecule has 0 atom stereocenters. The molecule has 144 valence electrons. The summed E-state index contributed by atoms with van der Waals surface area (Å²) in [4.78, 5) is 19.2. The van der Waals surface area contributed by atoms with E-state index in [1.807, 2.05) is 30.0 Å². The molecule has 4 rings (SSSR count). The lowest BCUT2D eigenvalue weighted by molar-refractivity contribution is -0.129. The minimum atomic E-state index is 0.194. The van der Waals surface area contributed by atoms with Gasteiger partial charge in [0.2, 0.25) is 11.8 Å². The van der Waals surface area contributed by atoms with Crippen molar-refractivity contribution in [3.63, 3.8) is 0 Å². The van der Waals surface area contributed by atoms with E-state index in [0.29, 0.717) is 17.4 Å². The van der Waals surface area contributed by atoms with Gasteiger partial charge in [0.1, 0.15) is 5.76 Å². The number of nitrogens with zero attached hydrogens (tertiary/aromatic N) is 2. The maximum atomic E-state index is 12.6. The van der Waals surface area contributed by atoms with Gasteiger partial charge in [-0.2, -0.15) is 0 Å². The van der Waals surface area contributed by atoms with Crippen molar-refractivity contribution in [2.24, 2.45) is 0 Å². The monoisotopic (exact) mass is 392 g/mol. The molecule has 0 spiro atoms. The van der Waals surface area contributed by atoms with Gasteiger partial charge in [0.15, 0.2) is 0 Å². The molecule has 0 aliphatic carbocycles. The second-order valence-electron chi connectivity index (χ2n) is 7.21. The molecule has 0 saturated carbocycles. The van der Waals surface area contributed by atoms with Gasteiger partial charge in [0, 0.05) is 24.4 Å². The van der Waals surface area contributed by atoms with Gasteiger partial charge >= 0.3 is 0 Å². The molecule has 0 radical (unpaired) electrons. The zero-order valence-corrected chi connectivity index (χ0v) is 17.1. The average molecular weight is 393 g/mol. The Morgan fingerprint density at radius 3 is 2.64 bits per heavy atom. The second kappa shape index (κ2) is 8.23. The molecule has 2 heterocycles. The topological polar surface area (TPSA) is 46.3 Å². The highest BCUT2D eigenvalue weighted by Crippen LogP contribution is 2.25. The first-order valence-corrected chi connectivity index (χ1v) is 10.7.